The zero-order valence-electron chi connectivity index (χ0n) is 13.7. The molecule has 0 aromatic heterocycles. The van der Waals surface area contributed by atoms with Crippen molar-refractivity contribution in [2.75, 3.05) is 18.4 Å². The molecule has 0 aliphatic carbocycles. The van der Waals surface area contributed by atoms with Gasteiger partial charge in [0.25, 0.3) is 0 Å². The van der Waals surface area contributed by atoms with Gasteiger partial charge in [-0.3, -0.25) is 4.79 Å². The number of nitrogens with one attached hydrogen (secondary N) is 1. The maximum atomic E-state index is 13.0. The number of carbonyl (C=O) groups is 1. The summed E-state index contributed by atoms with van der Waals surface area (Å²) in [6.07, 6.45) is 3.52. The van der Waals surface area contributed by atoms with Crippen molar-refractivity contribution in [2.24, 2.45) is 0 Å². The predicted octanol–water partition coefficient (Wildman–Crippen LogP) is 4.22. The van der Waals surface area contributed by atoms with Gasteiger partial charge < -0.3 is 10.2 Å². The first kappa shape index (κ1) is 16.7. The molecule has 1 unspecified atom stereocenters. The van der Waals surface area contributed by atoms with Crippen LogP contribution in [-0.2, 0) is 4.79 Å². The van der Waals surface area contributed by atoms with Crippen LogP contribution in [0.3, 0.4) is 0 Å². The Kier molecular flexibility index (Phi) is 5.59. The van der Waals surface area contributed by atoms with Crippen molar-refractivity contribution in [1.29, 1.82) is 0 Å². The smallest absolute Gasteiger partial charge is 0.238 e. The van der Waals surface area contributed by atoms with E-state index in [0.717, 1.165) is 42.2 Å². The third-order valence-electron chi connectivity index (χ3n) is 4.35. The lowest BCUT2D eigenvalue weighted by Crippen LogP contribution is -2.41. The largest absolute Gasteiger partial charge is 0.365 e. The average Bonchev–Trinajstić information content (AvgIpc) is 2.64. The minimum absolute atomic E-state index is 0.0667. The minimum atomic E-state index is -0.431. The van der Waals surface area contributed by atoms with Gasteiger partial charge in [-0.25, -0.2) is 0 Å². The number of thiocarbonyl (C=S) groups is 1. The van der Waals surface area contributed by atoms with E-state index in [4.69, 9.17) is 12.2 Å². The lowest BCUT2D eigenvalue weighted by atomic mass is 9.96. The highest BCUT2D eigenvalue weighted by Crippen LogP contribution is 2.24. The van der Waals surface area contributed by atoms with E-state index in [1.54, 1.807) is 0 Å². The number of piperidine rings is 1. The summed E-state index contributed by atoms with van der Waals surface area (Å²) in [5, 5.41) is 3.01. The summed E-state index contributed by atoms with van der Waals surface area (Å²) in [5.41, 5.74) is 1.74. The standard InChI is InChI=1S/C20H22N2OS/c23-19(21-17-12-6-2-7-13-17)18(16-10-4-1-5-11-16)20(24)22-14-8-3-9-15-22/h1-2,4-7,10-13,18H,3,8-9,14-15H2,(H,21,23). The zero-order chi connectivity index (χ0) is 16.8. The van der Waals surface area contributed by atoms with E-state index in [-0.39, 0.29) is 5.91 Å². The van der Waals surface area contributed by atoms with E-state index in [1.165, 1.54) is 6.42 Å². The van der Waals surface area contributed by atoms with Crippen LogP contribution in [0.1, 0.15) is 30.7 Å². The Morgan fingerprint density at radius 1 is 0.917 bits per heavy atom. The van der Waals surface area contributed by atoms with Crippen LogP contribution < -0.4 is 5.32 Å². The zero-order valence-corrected chi connectivity index (χ0v) is 14.5. The molecule has 124 valence electrons. The number of carbonyl (C=O) groups excluding carboxylic acids is 1. The van der Waals surface area contributed by atoms with Crippen molar-refractivity contribution in [3.63, 3.8) is 0 Å². The Morgan fingerprint density at radius 2 is 1.50 bits per heavy atom. The van der Waals surface area contributed by atoms with Gasteiger partial charge in [0.1, 0.15) is 5.92 Å². The summed E-state index contributed by atoms with van der Waals surface area (Å²) in [6.45, 7) is 1.89. The summed E-state index contributed by atoms with van der Waals surface area (Å²) in [6, 6.07) is 19.4. The first-order chi connectivity index (χ1) is 11.8. The highest BCUT2D eigenvalue weighted by Gasteiger charge is 2.29. The molecule has 1 amide bonds. The topological polar surface area (TPSA) is 32.3 Å². The molecule has 1 aliphatic rings. The van der Waals surface area contributed by atoms with Crippen LogP contribution >= 0.6 is 12.2 Å². The number of para-hydroxylation sites is 1. The molecular weight excluding hydrogens is 316 g/mol. The maximum Gasteiger partial charge on any atom is 0.238 e. The second-order valence-electron chi connectivity index (χ2n) is 6.08. The third-order valence-corrected chi connectivity index (χ3v) is 4.85. The van der Waals surface area contributed by atoms with E-state index in [1.807, 2.05) is 60.7 Å². The SMILES string of the molecule is O=C(Nc1ccccc1)C(C(=S)N1CCCCC1)c1ccccc1. The van der Waals surface area contributed by atoms with Crippen molar-refractivity contribution < 1.29 is 4.79 Å². The van der Waals surface area contributed by atoms with E-state index in [0.29, 0.717) is 0 Å². The maximum absolute atomic E-state index is 13.0. The van der Waals surface area contributed by atoms with Gasteiger partial charge in [-0.15, -0.1) is 0 Å². The average molecular weight is 338 g/mol. The molecule has 1 aliphatic heterocycles. The molecule has 1 heterocycles. The van der Waals surface area contributed by atoms with Gasteiger partial charge in [-0.1, -0.05) is 60.7 Å². The summed E-state index contributed by atoms with van der Waals surface area (Å²) in [4.78, 5) is 15.9. The lowest BCUT2D eigenvalue weighted by Gasteiger charge is -2.32. The molecule has 0 bridgehead atoms. The highest BCUT2D eigenvalue weighted by atomic mass is 32.1. The van der Waals surface area contributed by atoms with Gasteiger partial charge in [0.05, 0.1) is 4.99 Å². The van der Waals surface area contributed by atoms with Crippen LogP contribution in [0.2, 0.25) is 0 Å². The Balaban J connectivity index is 1.84. The molecule has 0 radical (unpaired) electrons. The molecule has 24 heavy (non-hydrogen) atoms. The first-order valence-corrected chi connectivity index (χ1v) is 8.86. The molecule has 3 nitrogen and oxygen atoms in total. The number of likely N-dealkylation sites (tertiary alicyclic amines) is 1. The van der Waals surface area contributed by atoms with Gasteiger partial charge in [0, 0.05) is 18.8 Å². The third kappa shape index (κ3) is 4.01. The number of rotatable bonds is 4. The van der Waals surface area contributed by atoms with Crippen molar-refractivity contribution in [1.82, 2.24) is 4.90 Å². The fourth-order valence-electron chi connectivity index (χ4n) is 3.08. The van der Waals surface area contributed by atoms with Crippen LogP contribution in [0, 0.1) is 0 Å². The van der Waals surface area contributed by atoms with E-state index in [9.17, 15) is 4.79 Å². The molecule has 3 rings (SSSR count). The van der Waals surface area contributed by atoms with Crippen molar-refractivity contribution in [3.05, 3.63) is 66.2 Å². The van der Waals surface area contributed by atoms with Gasteiger partial charge >= 0.3 is 0 Å². The van der Waals surface area contributed by atoms with Gasteiger partial charge in [-0.2, -0.15) is 0 Å². The number of hydrogen-bond acceptors (Lipinski definition) is 2. The summed E-state index contributed by atoms with van der Waals surface area (Å²) in [7, 11) is 0. The normalized spacial score (nSPS) is 15.6. The highest BCUT2D eigenvalue weighted by molar-refractivity contribution is 7.80. The van der Waals surface area contributed by atoms with E-state index < -0.39 is 5.92 Å². The second kappa shape index (κ2) is 8.06. The monoisotopic (exact) mass is 338 g/mol. The Bertz CT molecular complexity index is 681. The number of benzene rings is 2. The quantitative estimate of drug-likeness (QED) is 0.847. The summed E-state index contributed by atoms with van der Waals surface area (Å²) in [5.74, 6) is -0.498. The lowest BCUT2D eigenvalue weighted by molar-refractivity contribution is -0.116. The Morgan fingerprint density at radius 3 is 2.12 bits per heavy atom. The molecule has 2 aromatic carbocycles. The Hall–Kier alpha value is -2.20. The minimum Gasteiger partial charge on any atom is -0.365 e. The molecule has 2 aromatic rings. The van der Waals surface area contributed by atoms with Crippen LogP contribution in [0.4, 0.5) is 5.69 Å². The van der Waals surface area contributed by atoms with Crippen molar-refractivity contribution in [3.8, 4) is 0 Å². The van der Waals surface area contributed by atoms with Crippen LogP contribution in [0.15, 0.2) is 60.7 Å². The van der Waals surface area contributed by atoms with Gasteiger partial charge in [0.15, 0.2) is 0 Å². The molecule has 1 N–H and O–H groups in total. The number of nitrogens with zero attached hydrogens (tertiary/aromatic N) is 1. The van der Waals surface area contributed by atoms with Crippen molar-refractivity contribution >= 4 is 28.8 Å². The summed E-state index contributed by atoms with van der Waals surface area (Å²) < 4.78 is 0. The van der Waals surface area contributed by atoms with E-state index >= 15 is 0 Å². The molecule has 4 heteroatoms. The van der Waals surface area contributed by atoms with Gasteiger partial charge in [0.2, 0.25) is 5.91 Å². The fraction of sp³-hybridized carbons (Fsp3) is 0.300. The molecule has 1 fully saturated rings. The van der Waals surface area contributed by atoms with Gasteiger partial charge in [-0.05, 0) is 37.0 Å². The molecule has 0 saturated carbocycles. The van der Waals surface area contributed by atoms with Crippen LogP contribution in [-0.4, -0.2) is 28.9 Å². The van der Waals surface area contributed by atoms with Crippen LogP contribution in [0.25, 0.3) is 0 Å². The molecule has 1 saturated heterocycles. The summed E-state index contributed by atoms with van der Waals surface area (Å²) >= 11 is 5.73. The molecule has 0 spiro atoms. The number of anilines is 1. The molecule has 1 atom stereocenters. The van der Waals surface area contributed by atoms with Crippen molar-refractivity contribution in [2.45, 2.75) is 25.2 Å². The second-order valence-corrected chi connectivity index (χ2v) is 6.50. The number of amides is 1. The molecular formula is C20H22N2OS. The van der Waals surface area contributed by atoms with E-state index in [2.05, 4.69) is 10.2 Å². The predicted molar refractivity (Wildman–Crippen MR) is 102 cm³/mol. The van der Waals surface area contributed by atoms with Crippen LogP contribution in [0.5, 0.6) is 0 Å². The number of hydrogen-bond donors (Lipinski definition) is 1. The Labute approximate surface area is 148 Å². The fourth-order valence-corrected chi connectivity index (χ4v) is 3.51. The first-order valence-electron chi connectivity index (χ1n) is 8.45.